The normalized spacial score (nSPS) is 16.4. The highest BCUT2D eigenvalue weighted by Gasteiger charge is 2.25. The molecule has 1 unspecified atom stereocenters. The second-order valence-corrected chi connectivity index (χ2v) is 6.14. The minimum Gasteiger partial charge on any atom is -0.496 e. The van der Waals surface area contributed by atoms with Gasteiger partial charge in [0.2, 0.25) is 5.91 Å². The highest BCUT2D eigenvalue weighted by atomic mass is 35.5. The molecule has 0 radical (unpaired) electrons. The molecule has 1 atom stereocenters. The predicted molar refractivity (Wildman–Crippen MR) is 97.7 cm³/mol. The van der Waals surface area contributed by atoms with E-state index >= 15 is 0 Å². The average Bonchev–Trinajstić information content (AvgIpc) is 2.60. The van der Waals surface area contributed by atoms with Crippen LogP contribution in [0.5, 0.6) is 5.75 Å². The van der Waals surface area contributed by atoms with E-state index in [1.165, 1.54) is 5.56 Å². The number of amides is 1. The molecule has 136 valence electrons. The lowest BCUT2D eigenvalue weighted by atomic mass is 9.89. The van der Waals surface area contributed by atoms with Gasteiger partial charge in [0.25, 0.3) is 0 Å². The van der Waals surface area contributed by atoms with Gasteiger partial charge < -0.3 is 20.1 Å². The van der Waals surface area contributed by atoms with Crippen LogP contribution in [0.15, 0.2) is 24.3 Å². The number of hydrogen-bond donors (Lipinski definition) is 1. The van der Waals surface area contributed by atoms with E-state index in [0.29, 0.717) is 18.9 Å². The number of benzene rings is 1. The van der Waals surface area contributed by atoms with Crippen molar-refractivity contribution in [2.24, 2.45) is 11.7 Å². The first-order chi connectivity index (χ1) is 11.2. The van der Waals surface area contributed by atoms with Gasteiger partial charge in [-0.25, -0.2) is 0 Å². The fourth-order valence-electron chi connectivity index (χ4n) is 3.16. The molecule has 1 fully saturated rings. The fourth-order valence-corrected chi connectivity index (χ4v) is 3.16. The van der Waals surface area contributed by atoms with Crippen LogP contribution in [0.2, 0.25) is 0 Å². The van der Waals surface area contributed by atoms with Gasteiger partial charge in [0, 0.05) is 26.7 Å². The van der Waals surface area contributed by atoms with Crippen molar-refractivity contribution in [1.82, 2.24) is 4.90 Å². The molecule has 2 N–H and O–H groups in total. The summed E-state index contributed by atoms with van der Waals surface area (Å²) in [6.07, 6.45) is 3.28. The van der Waals surface area contributed by atoms with Gasteiger partial charge in [-0.3, -0.25) is 4.79 Å². The van der Waals surface area contributed by atoms with Crippen LogP contribution < -0.4 is 10.5 Å². The maximum Gasteiger partial charge on any atom is 0.225 e. The van der Waals surface area contributed by atoms with Gasteiger partial charge in [-0.05, 0) is 36.8 Å². The van der Waals surface area contributed by atoms with Crippen molar-refractivity contribution in [3.8, 4) is 5.75 Å². The lowest BCUT2D eigenvalue weighted by molar-refractivity contribution is -0.135. The fraction of sp³-hybridized carbons (Fsp3) is 0.611. The van der Waals surface area contributed by atoms with Crippen LogP contribution in [0, 0.1) is 5.92 Å². The highest BCUT2D eigenvalue weighted by Crippen LogP contribution is 2.26. The molecule has 6 heteroatoms. The largest absolute Gasteiger partial charge is 0.496 e. The topological polar surface area (TPSA) is 64.8 Å². The summed E-state index contributed by atoms with van der Waals surface area (Å²) in [7, 11) is 3.31. The van der Waals surface area contributed by atoms with Crippen molar-refractivity contribution in [3.63, 3.8) is 0 Å². The van der Waals surface area contributed by atoms with Gasteiger partial charge in [0.15, 0.2) is 0 Å². The van der Waals surface area contributed by atoms with Crippen LogP contribution in [0.3, 0.4) is 0 Å². The Hall–Kier alpha value is -1.30. The highest BCUT2D eigenvalue weighted by molar-refractivity contribution is 5.85. The average molecular weight is 357 g/mol. The number of ether oxygens (including phenoxy) is 2. The third-order valence-electron chi connectivity index (χ3n) is 4.67. The molecule has 2 rings (SSSR count). The maximum atomic E-state index is 12.3. The molecular weight excluding hydrogens is 328 g/mol. The summed E-state index contributed by atoms with van der Waals surface area (Å²) >= 11 is 0. The first-order valence-electron chi connectivity index (χ1n) is 8.30. The van der Waals surface area contributed by atoms with Crippen molar-refractivity contribution in [2.45, 2.75) is 31.8 Å². The maximum absolute atomic E-state index is 12.3. The van der Waals surface area contributed by atoms with Gasteiger partial charge in [-0.1, -0.05) is 18.2 Å². The summed E-state index contributed by atoms with van der Waals surface area (Å²) in [5.41, 5.74) is 6.84. The minimum absolute atomic E-state index is 0. The molecule has 1 saturated heterocycles. The molecule has 0 spiro atoms. The number of nitrogens with two attached hydrogens (primary N) is 1. The lowest BCUT2D eigenvalue weighted by Crippen LogP contribution is -2.41. The van der Waals surface area contributed by atoms with E-state index < -0.39 is 0 Å². The van der Waals surface area contributed by atoms with Gasteiger partial charge >= 0.3 is 0 Å². The number of carbonyl (C=O) groups excluding carboxylic acids is 1. The van der Waals surface area contributed by atoms with E-state index in [0.717, 1.165) is 38.1 Å². The predicted octanol–water partition coefficient (Wildman–Crippen LogP) is 2.26. The Morgan fingerprint density at radius 2 is 1.96 bits per heavy atom. The minimum atomic E-state index is -0.172. The van der Waals surface area contributed by atoms with Crippen LogP contribution in [-0.2, 0) is 16.0 Å². The number of methoxy groups -OCH3 is 2. The molecule has 1 aliphatic rings. The Balaban J connectivity index is 0.00000288. The molecule has 0 saturated carbocycles. The van der Waals surface area contributed by atoms with Crippen LogP contribution in [0.4, 0.5) is 0 Å². The molecule has 1 aromatic carbocycles. The van der Waals surface area contributed by atoms with Crippen LogP contribution in [0.1, 0.15) is 24.8 Å². The number of likely N-dealkylation sites (tertiary alicyclic amines) is 1. The molecule has 0 aliphatic carbocycles. The van der Waals surface area contributed by atoms with E-state index in [4.69, 9.17) is 15.2 Å². The number of nitrogens with zero attached hydrogens (tertiary/aromatic N) is 1. The zero-order chi connectivity index (χ0) is 16.7. The Labute approximate surface area is 150 Å². The molecule has 0 bridgehead atoms. The van der Waals surface area contributed by atoms with Crippen molar-refractivity contribution in [2.75, 3.05) is 33.9 Å². The van der Waals surface area contributed by atoms with Gasteiger partial charge in [0.05, 0.1) is 19.6 Å². The molecule has 0 aromatic heterocycles. The van der Waals surface area contributed by atoms with E-state index in [2.05, 4.69) is 6.07 Å². The molecule has 1 heterocycles. The van der Waals surface area contributed by atoms with Crippen molar-refractivity contribution >= 4 is 18.3 Å². The third kappa shape index (κ3) is 5.65. The van der Waals surface area contributed by atoms with Crippen molar-refractivity contribution < 1.29 is 14.3 Å². The Bertz CT molecular complexity index is 501. The molecule has 5 nitrogen and oxygen atoms in total. The Kier molecular flexibility index (Phi) is 9.11. The molecule has 1 amide bonds. The monoisotopic (exact) mass is 356 g/mol. The summed E-state index contributed by atoms with van der Waals surface area (Å²) in [5, 5.41) is 0. The number of halogens is 1. The van der Waals surface area contributed by atoms with E-state index in [1.807, 2.05) is 23.1 Å². The number of piperidine rings is 1. The molecule has 1 aliphatic heterocycles. The number of para-hydroxylation sites is 1. The Morgan fingerprint density at radius 1 is 1.29 bits per heavy atom. The van der Waals surface area contributed by atoms with E-state index in [9.17, 15) is 4.79 Å². The molecular formula is C18H29ClN2O3. The van der Waals surface area contributed by atoms with E-state index in [-0.39, 0.29) is 24.4 Å². The summed E-state index contributed by atoms with van der Waals surface area (Å²) in [6.45, 7) is 2.02. The SMILES string of the molecule is COc1ccccc1CC1CCN(C(=O)CC(CN)OC)CC1.Cl. The lowest BCUT2D eigenvalue weighted by Gasteiger charge is -2.33. The molecule has 1 aromatic rings. The van der Waals surface area contributed by atoms with Crippen molar-refractivity contribution in [3.05, 3.63) is 29.8 Å². The summed E-state index contributed by atoms with van der Waals surface area (Å²) in [4.78, 5) is 14.2. The van der Waals surface area contributed by atoms with E-state index in [1.54, 1.807) is 14.2 Å². The van der Waals surface area contributed by atoms with Gasteiger partial charge in [-0.2, -0.15) is 0 Å². The number of carbonyl (C=O) groups is 1. The zero-order valence-electron chi connectivity index (χ0n) is 14.6. The zero-order valence-corrected chi connectivity index (χ0v) is 15.4. The van der Waals surface area contributed by atoms with Gasteiger partial charge in [0.1, 0.15) is 5.75 Å². The smallest absolute Gasteiger partial charge is 0.225 e. The second-order valence-electron chi connectivity index (χ2n) is 6.14. The Morgan fingerprint density at radius 3 is 2.54 bits per heavy atom. The number of rotatable bonds is 7. The van der Waals surface area contributed by atoms with Crippen molar-refractivity contribution in [1.29, 1.82) is 0 Å². The number of hydrogen-bond acceptors (Lipinski definition) is 4. The van der Waals surface area contributed by atoms with Crippen LogP contribution in [-0.4, -0.2) is 50.8 Å². The van der Waals surface area contributed by atoms with Gasteiger partial charge in [-0.15, -0.1) is 12.4 Å². The first kappa shape index (κ1) is 20.7. The quantitative estimate of drug-likeness (QED) is 0.813. The third-order valence-corrected chi connectivity index (χ3v) is 4.67. The molecule has 24 heavy (non-hydrogen) atoms. The second kappa shape index (κ2) is 10.5. The summed E-state index contributed by atoms with van der Waals surface area (Å²) in [5.74, 6) is 1.71. The summed E-state index contributed by atoms with van der Waals surface area (Å²) < 4.78 is 10.6. The van der Waals surface area contributed by atoms with Crippen LogP contribution >= 0.6 is 12.4 Å². The first-order valence-corrected chi connectivity index (χ1v) is 8.30. The van der Waals surface area contributed by atoms with Crippen LogP contribution in [0.25, 0.3) is 0 Å². The standard InChI is InChI=1S/C18H28N2O3.ClH/c1-22-16(13-19)12-18(21)20-9-7-14(8-10-20)11-15-5-3-4-6-17(15)23-2;/h3-6,14,16H,7-13,19H2,1-2H3;1H. The summed E-state index contributed by atoms with van der Waals surface area (Å²) in [6, 6.07) is 8.17.